The first-order valence-corrected chi connectivity index (χ1v) is 5.64. The van der Waals surface area contributed by atoms with Gasteiger partial charge in [0.05, 0.1) is 19.8 Å². The molecule has 0 saturated carbocycles. The van der Waals surface area contributed by atoms with Crippen molar-refractivity contribution in [2.45, 2.75) is 32.7 Å². The highest BCUT2D eigenvalue weighted by Crippen LogP contribution is 2.06. The van der Waals surface area contributed by atoms with Crippen LogP contribution in [0.2, 0.25) is 0 Å². The average Bonchev–Trinajstić information content (AvgIpc) is 2.18. The van der Waals surface area contributed by atoms with E-state index < -0.39 is 0 Å². The zero-order valence-corrected chi connectivity index (χ0v) is 11.2. The van der Waals surface area contributed by atoms with Gasteiger partial charge in [0, 0.05) is 18.6 Å². The fourth-order valence-corrected chi connectivity index (χ4v) is 1.47. The molecule has 1 N–H and O–H groups in total. The van der Waals surface area contributed by atoms with E-state index in [2.05, 4.69) is 17.1 Å². The smallest absolute Gasteiger partial charge is 0.234 e. The Labute approximate surface area is 104 Å². The van der Waals surface area contributed by atoms with Gasteiger partial charge in [-0.25, -0.2) is 0 Å². The summed E-state index contributed by atoms with van der Waals surface area (Å²) in [5.41, 5.74) is -0.0939. The summed E-state index contributed by atoms with van der Waals surface area (Å²) in [6.45, 7) is 9.87. The Balaban J connectivity index is 0.00000225. The minimum Gasteiger partial charge on any atom is -0.379 e. The molecule has 0 aromatic heterocycles. The second kappa shape index (κ2) is 7.09. The first-order valence-electron chi connectivity index (χ1n) is 5.64. The van der Waals surface area contributed by atoms with Crippen molar-refractivity contribution in [2.24, 2.45) is 0 Å². The number of rotatable bonds is 4. The van der Waals surface area contributed by atoms with Crippen LogP contribution < -0.4 is 5.32 Å². The van der Waals surface area contributed by atoms with Gasteiger partial charge in [-0.05, 0) is 20.3 Å². The van der Waals surface area contributed by atoms with Crippen molar-refractivity contribution in [3.8, 4) is 0 Å². The number of carbonyl (C=O) groups excluding carboxylic acids is 1. The summed E-state index contributed by atoms with van der Waals surface area (Å²) in [6.07, 6.45) is 0.946. The van der Waals surface area contributed by atoms with E-state index in [0.29, 0.717) is 6.54 Å². The SMILES string of the molecule is CCC(C)(C)NC(=O)CN1CCOCC1.Cl. The van der Waals surface area contributed by atoms with Gasteiger partial charge in [0.2, 0.25) is 5.91 Å². The van der Waals surface area contributed by atoms with Crippen molar-refractivity contribution < 1.29 is 9.53 Å². The van der Waals surface area contributed by atoms with Gasteiger partial charge in [0.15, 0.2) is 0 Å². The minimum atomic E-state index is -0.0939. The maximum atomic E-state index is 11.7. The summed E-state index contributed by atoms with van der Waals surface area (Å²) in [7, 11) is 0. The monoisotopic (exact) mass is 250 g/mol. The summed E-state index contributed by atoms with van der Waals surface area (Å²) in [5, 5.41) is 3.03. The highest BCUT2D eigenvalue weighted by molar-refractivity contribution is 5.85. The zero-order valence-electron chi connectivity index (χ0n) is 10.4. The van der Waals surface area contributed by atoms with Crippen molar-refractivity contribution in [1.82, 2.24) is 10.2 Å². The Bertz CT molecular complexity index is 216. The molecule has 1 saturated heterocycles. The van der Waals surface area contributed by atoms with E-state index in [1.54, 1.807) is 0 Å². The maximum Gasteiger partial charge on any atom is 0.234 e. The molecule has 1 fully saturated rings. The minimum absolute atomic E-state index is 0. The van der Waals surface area contributed by atoms with Gasteiger partial charge in [-0.3, -0.25) is 9.69 Å². The third-order valence-corrected chi connectivity index (χ3v) is 2.83. The van der Waals surface area contributed by atoms with Crippen LogP contribution in [0, 0.1) is 0 Å². The summed E-state index contributed by atoms with van der Waals surface area (Å²) in [6, 6.07) is 0. The zero-order chi connectivity index (χ0) is 11.3. The molecule has 0 atom stereocenters. The highest BCUT2D eigenvalue weighted by atomic mass is 35.5. The largest absolute Gasteiger partial charge is 0.379 e. The van der Waals surface area contributed by atoms with Crippen molar-refractivity contribution in [3.63, 3.8) is 0 Å². The highest BCUT2D eigenvalue weighted by Gasteiger charge is 2.20. The Morgan fingerprint density at radius 3 is 2.44 bits per heavy atom. The van der Waals surface area contributed by atoms with Crippen LogP contribution in [0.5, 0.6) is 0 Å². The first-order chi connectivity index (χ1) is 7.03. The van der Waals surface area contributed by atoms with Crippen molar-refractivity contribution in [1.29, 1.82) is 0 Å². The number of morpholine rings is 1. The van der Waals surface area contributed by atoms with E-state index in [9.17, 15) is 4.79 Å². The molecule has 0 unspecified atom stereocenters. The van der Waals surface area contributed by atoms with E-state index >= 15 is 0 Å². The number of halogens is 1. The topological polar surface area (TPSA) is 41.6 Å². The van der Waals surface area contributed by atoms with E-state index in [-0.39, 0.29) is 23.9 Å². The van der Waals surface area contributed by atoms with Crippen LogP contribution in [0.1, 0.15) is 27.2 Å². The summed E-state index contributed by atoms with van der Waals surface area (Å²) < 4.78 is 5.23. The number of nitrogens with zero attached hydrogens (tertiary/aromatic N) is 1. The van der Waals surface area contributed by atoms with Crippen molar-refractivity contribution in [2.75, 3.05) is 32.8 Å². The van der Waals surface area contributed by atoms with E-state index in [1.807, 2.05) is 13.8 Å². The second-order valence-corrected chi connectivity index (χ2v) is 4.67. The standard InChI is InChI=1S/C11H22N2O2.ClH/c1-4-11(2,3)12-10(14)9-13-5-7-15-8-6-13;/h4-9H2,1-3H3,(H,12,14);1H. The van der Waals surface area contributed by atoms with Gasteiger partial charge >= 0.3 is 0 Å². The fraction of sp³-hybridized carbons (Fsp3) is 0.909. The Hall–Kier alpha value is -0.320. The molecule has 0 aliphatic carbocycles. The predicted octanol–water partition coefficient (Wildman–Crippen LogP) is 1.05. The van der Waals surface area contributed by atoms with E-state index in [1.165, 1.54) is 0 Å². The number of ether oxygens (including phenoxy) is 1. The molecular formula is C11H23ClN2O2. The molecule has 0 bridgehead atoms. The van der Waals surface area contributed by atoms with Crippen LogP contribution in [0.15, 0.2) is 0 Å². The average molecular weight is 251 g/mol. The van der Waals surface area contributed by atoms with Gasteiger partial charge in [-0.2, -0.15) is 0 Å². The molecular weight excluding hydrogens is 228 g/mol. The molecule has 96 valence electrons. The van der Waals surface area contributed by atoms with E-state index in [4.69, 9.17) is 4.74 Å². The van der Waals surface area contributed by atoms with Crippen LogP contribution in [0.4, 0.5) is 0 Å². The van der Waals surface area contributed by atoms with Crippen LogP contribution in [0.25, 0.3) is 0 Å². The molecule has 1 heterocycles. The quantitative estimate of drug-likeness (QED) is 0.811. The Morgan fingerprint density at radius 1 is 1.38 bits per heavy atom. The van der Waals surface area contributed by atoms with Crippen molar-refractivity contribution in [3.05, 3.63) is 0 Å². The summed E-state index contributed by atoms with van der Waals surface area (Å²) in [4.78, 5) is 13.8. The number of hydrogen-bond donors (Lipinski definition) is 1. The van der Waals surface area contributed by atoms with Crippen LogP contribution in [0.3, 0.4) is 0 Å². The maximum absolute atomic E-state index is 11.7. The first kappa shape index (κ1) is 15.7. The van der Waals surface area contributed by atoms with Crippen LogP contribution >= 0.6 is 12.4 Å². The second-order valence-electron chi connectivity index (χ2n) is 4.67. The molecule has 1 aliphatic heterocycles. The van der Waals surface area contributed by atoms with Gasteiger partial charge in [0.1, 0.15) is 0 Å². The third-order valence-electron chi connectivity index (χ3n) is 2.83. The van der Waals surface area contributed by atoms with Gasteiger partial charge < -0.3 is 10.1 Å². The van der Waals surface area contributed by atoms with Crippen LogP contribution in [-0.4, -0.2) is 49.2 Å². The number of carbonyl (C=O) groups is 1. The lowest BCUT2D eigenvalue weighted by atomic mass is 10.0. The van der Waals surface area contributed by atoms with Gasteiger partial charge in [-0.15, -0.1) is 12.4 Å². The molecule has 1 rings (SSSR count). The van der Waals surface area contributed by atoms with E-state index in [0.717, 1.165) is 32.7 Å². The lowest BCUT2D eigenvalue weighted by molar-refractivity contribution is -0.124. The van der Waals surface area contributed by atoms with Gasteiger partial charge in [-0.1, -0.05) is 6.92 Å². The lowest BCUT2D eigenvalue weighted by Gasteiger charge is -2.29. The normalized spacial score (nSPS) is 17.7. The molecule has 0 spiro atoms. The molecule has 5 heteroatoms. The van der Waals surface area contributed by atoms with Crippen LogP contribution in [-0.2, 0) is 9.53 Å². The molecule has 1 aliphatic rings. The molecule has 16 heavy (non-hydrogen) atoms. The summed E-state index contributed by atoms with van der Waals surface area (Å²) >= 11 is 0. The van der Waals surface area contributed by atoms with Crippen molar-refractivity contribution >= 4 is 18.3 Å². The number of amides is 1. The lowest BCUT2D eigenvalue weighted by Crippen LogP contribution is -2.49. The Morgan fingerprint density at radius 2 is 1.94 bits per heavy atom. The number of hydrogen-bond acceptors (Lipinski definition) is 3. The molecule has 4 nitrogen and oxygen atoms in total. The molecule has 1 amide bonds. The molecule has 0 aromatic rings. The Kier molecular flexibility index (Phi) is 6.95. The number of nitrogens with one attached hydrogen (secondary N) is 1. The fourth-order valence-electron chi connectivity index (χ4n) is 1.47. The molecule has 0 aromatic carbocycles. The third kappa shape index (κ3) is 5.68. The predicted molar refractivity (Wildman–Crippen MR) is 67.0 cm³/mol. The summed E-state index contributed by atoms with van der Waals surface area (Å²) in [5.74, 6) is 0.115. The molecule has 0 radical (unpaired) electrons. The van der Waals surface area contributed by atoms with Gasteiger partial charge in [0.25, 0.3) is 0 Å².